The van der Waals surface area contributed by atoms with Crippen molar-refractivity contribution in [2.24, 2.45) is 0 Å². The van der Waals surface area contributed by atoms with E-state index >= 15 is 0 Å². The molecular formula is C11H14N2O. The number of ether oxygens (including phenoxy) is 1. The van der Waals surface area contributed by atoms with Crippen molar-refractivity contribution in [1.29, 1.82) is 0 Å². The van der Waals surface area contributed by atoms with Crippen molar-refractivity contribution in [3.05, 3.63) is 17.8 Å². The molecule has 0 unspecified atom stereocenters. The van der Waals surface area contributed by atoms with Gasteiger partial charge in [0.05, 0.1) is 5.69 Å². The van der Waals surface area contributed by atoms with Gasteiger partial charge in [-0.3, -0.25) is 0 Å². The molecule has 74 valence electrons. The summed E-state index contributed by atoms with van der Waals surface area (Å²) in [6.07, 6.45) is 6.59. The average Bonchev–Trinajstić information content (AvgIpc) is 2.96. The van der Waals surface area contributed by atoms with Crippen molar-refractivity contribution in [2.45, 2.75) is 44.1 Å². The fourth-order valence-corrected chi connectivity index (χ4v) is 1.65. The van der Waals surface area contributed by atoms with Crippen LogP contribution < -0.4 is 4.74 Å². The molecule has 2 aliphatic carbocycles. The minimum atomic E-state index is 0.399. The first-order valence-electron chi connectivity index (χ1n) is 5.42. The largest absolute Gasteiger partial charge is 0.473 e. The maximum Gasteiger partial charge on any atom is 0.233 e. The first-order chi connectivity index (χ1) is 6.92. The molecule has 2 saturated carbocycles. The Morgan fingerprint density at radius 2 is 1.93 bits per heavy atom. The molecule has 0 aliphatic heterocycles. The fourth-order valence-electron chi connectivity index (χ4n) is 1.65. The zero-order chi connectivity index (χ0) is 9.38. The second-order valence-electron chi connectivity index (χ2n) is 4.24. The molecule has 1 heterocycles. The Morgan fingerprint density at radius 3 is 2.43 bits per heavy atom. The lowest BCUT2D eigenvalue weighted by Gasteiger charge is -2.25. The Bertz CT molecular complexity index is 315. The molecule has 0 spiro atoms. The zero-order valence-corrected chi connectivity index (χ0v) is 8.15. The first-order valence-corrected chi connectivity index (χ1v) is 5.42. The third-order valence-electron chi connectivity index (χ3n) is 3.00. The van der Waals surface area contributed by atoms with Crippen molar-refractivity contribution >= 4 is 0 Å². The van der Waals surface area contributed by atoms with Crippen LogP contribution >= 0.6 is 0 Å². The van der Waals surface area contributed by atoms with Crippen molar-refractivity contribution < 1.29 is 4.74 Å². The second kappa shape index (κ2) is 3.23. The number of rotatable bonds is 3. The van der Waals surface area contributed by atoms with E-state index in [1.165, 1.54) is 32.1 Å². The van der Waals surface area contributed by atoms with Crippen LogP contribution in [0.15, 0.2) is 12.1 Å². The smallest absolute Gasteiger partial charge is 0.233 e. The third kappa shape index (κ3) is 1.59. The highest BCUT2D eigenvalue weighted by atomic mass is 16.5. The lowest BCUT2D eigenvalue weighted by molar-refractivity contribution is 0.113. The fraction of sp³-hybridized carbons (Fsp3) is 0.636. The Kier molecular flexibility index (Phi) is 1.89. The second-order valence-corrected chi connectivity index (χ2v) is 4.24. The van der Waals surface area contributed by atoms with Crippen molar-refractivity contribution in [1.82, 2.24) is 10.2 Å². The molecular weight excluding hydrogens is 176 g/mol. The van der Waals surface area contributed by atoms with Gasteiger partial charge in [-0.05, 0) is 38.2 Å². The van der Waals surface area contributed by atoms with Gasteiger partial charge >= 0.3 is 0 Å². The van der Waals surface area contributed by atoms with Gasteiger partial charge in [0, 0.05) is 12.0 Å². The number of hydrogen-bond acceptors (Lipinski definition) is 3. The van der Waals surface area contributed by atoms with E-state index in [2.05, 4.69) is 16.3 Å². The van der Waals surface area contributed by atoms with Crippen molar-refractivity contribution in [2.75, 3.05) is 0 Å². The van der Waals surface area contributed by atoms with E-state index in [-0.39, 0.29) is 0 Å². The molecule has 3 rings (SSSR count). The van der Waals surface area contributed by atoms with Crippen LogP contribution in [-0.2, 0) is 0 Å². The van der Waals surface area contributed by atoms with Crippen LogP contribution in [-0.4, -0.2) is 16.3 Å². The Balaban J connectivity index is 1.66. The van der Waals surface area contributed by atoms with E-state index in [0.717, 1.165) is 5.69 Å². The summed E-state index contributed by atoms with van der Waals surface area (Å²) in [5, 5.41) is 8.27. The monoisotopic (exact) mass is 190 g/mol. The molecule has 1 aromatic rings. The van der Waals surface area contributed by atoms with Crippen molar-refractivity contribution in [3.63, 3.8) is 0 Å². The zero-order valence-electron chi connectivity index (χ0n) is 8.15. The molecule has 2 fully saturated rings. The molecule has 0 saturated heterocycles. The summed E-state index contributed by atoms with van der Waals surface area (Å²) in [7, 11) is 0. The molecule has 0 atom stereocenters. The Labute approximate surface area is 83.5 Å². The predicted molar refractivity (Wildman–Crippen MR) is 52.3 cm³/mol. The summed E-state index contributed by atoms with van der Waals surface area (Å²) in [5.74, 6) is 1.37. The van der Waals surface area contributed by atoms with E-state index in [1.54, 1.807) is 0 Å². The minimum absolute atomic E-state index is 0.399. The first kappa shape index (κ1) is 8.21. The van der Waals surface area contributed by atoms with Crippen LogP contribution in [0.3, 0.4) is 0 Å². The van der Waals surface area contributed by atoms with Crippen LogP contribution in [0, 0.1) is 0 Å². The molecule has 0 N–H and O–H groups in total. The molecule has 0 bridgehead atoms. The Morgan fingerprint density at radius 1 is 1.07 bits per heavy atom. The standard InChI is InChI=1S/C11H14N2O/c1-2-9(3-1)14-11-7-6-10(12-13-11)8-4-5-8/h6-9H,1-5H2. The van der Waals surface area contributed by atoms with Crippen LogP contribution in [0.2, 0.25) is 0 Å². The number of nitrogens with zero attached hydrogens (tertiary/aromatic N) is 2. The maximum absolute atomic E-state index is 5.63. The summed E-state index contributed by atoms with van der Waals surface area (Å²) in [5.41, 5.74) is 1.13. The van der Waals surface area contributed by atoms with E-state index in [4.69, 9.17) is 4.74 Å². The molecule has 3 heteroatoms. The van der Waals surface area contributed by atoms with Gasteiger partial charge in [0.1, 0.15) is 6.10 Å². The maximum atomic E-state index is 5.63. The van der Waals surface area contributed by atoms with Gasteiger partial charge in [0.25, 0.3) is 0 Å². The van der Waals surface area contributed by atoms with Crippen LogP contribution in [0.1, 0.15) is 43.7 Å². The molecule has 14 heavy (non-hydrogen) atoms. The summed E-state index contributed by atoms with van der Waals surface area (Å²) < 4.78 is 5.63. The van der Waals surface area contributed by atoms with Gasteiger partial charge in [-0.15, -0.1) is 5.10 Å². The van der Waals surface area contributed by atoms with E-state index in [1.807, 2.05) is 6.07 Å². The van der Waals surface area contributed by atoms with Gasteiger partial charge in [-0.1, -0.05) is 0 Å². The van der Waals surface area contributed by atoms with Crippen LogP contribution in [0.25, 0.3) is 0 Å². The lowest BCUT2D eigenvalue weighted by atomic mass is 9.96. The van der Waals surface area contributed by atoms with Gasteiger partial charge in [-0.2, -0.15) is 5.10 Å². The topological polar surface area (TPSA) is 35.0 Å². The summed E-state index contributed by atoms with van der Waals surface area (Å²) >= 11 is 0. The van der Waals surface area contributed by atoms with E-state index < -0.39 is 0 Å². The van der Waals surface area contributed by atoms with Crippen LogP contribution in [0.5, 0.6) is 5.88 Å². The molecule has 0 aromatic carbocycles. The molecule has 3 nitrogen and oxygen atoms in total. The highest BCUT2D eigenvalue weighted by Crippen LogP contribution is 2.38. The van der Waals surface area contributed by atoms with Gasteiger partial charge < -0.3 is 4.74 Å². The summed E-state index contributed by atoms with van der Waals surface area (Å²) in [6, 6.07) is 4.01. The summed E-state index contributed by atoms with van der Waals surface area (Å²) in [4.78, 5) is 0. The van der Waals surface area contributed by atoms with Gasteiger partial charge in [0.2, 0.25) is 5.88 Å². The lowest BCUT2D eigenvalue weighted by Crippen LogP contribution is -2.25. The molecule has 1 aromatic heterocycles. The molecule has 2 aliphatic rings. The number of aromatic nitrogens is 2. The average molecular weight is 190 g/mol. The van der Waals surface area contributed by atoms with Crippen LogP contribution in [0.4, 0.5) is 0 Å². The SMILES string of the molecule is c1cc(C2CC2)nnc1OC1CCC1. The molecule has 0 amide bonds. The highest BCUT2D eigenvalue weighted by molar-refractivity contribution is 5.18. The highest BCUT2D eigenvalue weighted by Gasteiger charge is 2.25. The normalized spacial score (nSPS) is 21.7. The quantitative estimate of drug-likeness (QED) is 0.733. The van der Waals surface area contributed by atoms with Gasteiger partial charge in [0.15, 0.2) is 0 Å². The van der Waals surface area contributed by atoms with Gasteiger partial charge in [-0.25, -0.2) is 0 Å². The predicted octanol–water partition coefficient (Wildman–Crippen LogP) is 2.29. The number of hydrogen-bond donors (Lipinski definition) is 0. The van der Waals surface area contributed by atoms with E-state index in [0.29, 0.717) is 17.9 Å². The minimum Gasteiger partial charge on any atom is -0.473 e. The third-order valence-corrected chi connectivity index (χ3v) is 3.00. The van der Waals surface area contributed by atoms with E-state index in [9.17, 15) is 0 Å². The molecule has 0 radical (unpaired) electrons. The Hall–Kier alpha value is -1.12. The van der Waals surface area contributed by atoms with Crippen molar-refractivity contribution in [3.8, 4) is 5.88 Å². The summed E-state index contributed by atoms with van der Waals surface area (Å²) in [6.45, 7) is 0.